The molecule has 4 heterocycles. The SMILES string of the molecule is CN(C(=O)[C@H]1CC(=O)N(C(=O)O)C1)[C@H](c1ccc(N2CCCc3c2cnc2cc(Cl)nn32)cc1)C(F)(F)F. The number of halogens is 4. The number of rotatable bonds is 4. The molecule has 0 saturated carbocycles. The Hall–Kier alpha value is -3.87. The van der Waals surface area contributed by atoms with Crippen LogP contribution >= 0.6 is 11.6 Å². The molecule has 1 fully saturated rings. The molecule has 5 rings (SSSR count). The first kappa shape index (κ1) is 25.8. The molecule has 3 amide bonds. The monoisotopic (exact) mass is 550 g/mol. The lowest BCUT2D eigenvalue weighted by Crippen LogP contribution is -2.43. The van der Waals surface area contributed by atoms with Crippen LogP contribution in [0.5, 0.6) is 0 Å². The van der Waals surface area contributed by atoms with Gasteiger partial charge in [0.1, 0.15) is 0 Å². The third kappa shape index (κ3) is 4.51. The predicted octanol–water partition coefficient (Wildman–Crippen LogP) is 4.06. The number of hydrogen-bond donors (Lipinski definition) is 1. The summed E-state index contributed by atoms with van der Waals surface area (Å²) in [6.45, 7) is 0.142. The molecular weight excluding hydrogens is 529 g/mol. The second kappa shape index (κ2) is 9.46. The summed E-state index contributed by atoms with van der Waals surface area (Å²) in [4.78, 5) is 43.2. The van der Waals surface area contributed by atoms with E-state index >= 15 is 0 Å². The van der Waals surface area contributed by atoms with Gasteiger partial charge in [-0.15, -0.1) is 0 Å². The summed E-state index contributed by atoms with van der Waals surface area (Å²) in [6, 6.07) is 5.09. The molecule has 2 atom stereocenters. The van der Waals surface area contributed by atoms with Crippen LogP contribution in [0.1, 0.15) is 30.1 Å². The summed E-state index contributed by atoms with van der Waals surface area (Å²) in [6.07, 6.45) is -3.62. The molecule has 0 radical (unpaired) electrons. The van der Waals surface area contributed by atoms with E-state index in [0.29, 0.717) is 32.8 Å². The van der Waals surface area contributed by atoms with Crippen LogP contribution in [-0.4, -0.2) is 73.7 Å². The van der Waals surface area contributed by atoms with Crippen LogP contribution in [0.4, 0.5) is 29.3 Å². The maximum absolute atomic E-state index is 14.2. The van der Waals surface area contributed by atoms with Crippen molar-refractivity contribution in [2.75, 3.05) is 25.0 Å². The Morgan fingerprint density at radius 2 is 1.95 bits per heavy atom. The number of likely N-dealkylation sites (tertiary alicyclic amines) is 1. The highest BCUT2D eigenvalue weighted by molar-refractivity contribution is 6.29. The summed E-state index contributed by atoms with van der Waals surface area (Å²) in [5.74, 6) is -2.95. The molecule has 38 heavy (non-hydrogen) atoms. The first-order chi connectivity index (χ1) is 18.0. The van der Waals surface area contributed by atoms with Gasteiger partial charge < -0.3 is 14.9 Å². The summed E-state index contributed by atoms with van der Waals surface area (Å²) < 4.78 is 44.2. The van der Waals surface area contributed by atoms with Crippen molar-refractivity contribution in [2.45, 2.75) is 31.5 Å². The number of carbonyl (C=O) groups is 3. The topological polar surface area (TPSA) is 111 Å². The van der Waals surface area contributed by atoms with Gasteiger partial charge in [-0.2, -0.15) is 18.3 Å². The van der Waals surface area contributed by atoms with Crippen LogP contribution < -0.4 is 4.90 Å². The van der Waals surface area contributed by atoms with Crippen molar-refractivity contribution < 1.29 is 32.7 Å². The fraction of sp³-hybridized carbons (Fsp3) is 0.375. The molecule has 2 aromatic heterocycles. The number of hydrogen-bond acceptors (Lipinski definition) is 6. The molecule has 2 aliphatic rings. The molecule has 1 N–H and O–H groups in total. The van der Waals surface area contributed by atoms with E-state index in [0.717, 1.165) is 31.3 Å². The molecule has 0 spiro atoms. The Balaban J connectivity index is 1.41. The fourth-order valence-electron chi connectivity index (χ4n) is 5.14. The summed E-state index contributed by atoms with van der Waals surface area (Å²) in [7, 11) is 1.01. The number of aromatic nitrogens is 3. The van der Waals surface area contributed by atoms with E-state index in [1.54, 1.807) is 28.9 Å². The van der Waals surface area contributed by atoms with Crippen LogP contribution in [0.3, 0.4) is 0 Å². The summed E-state index contributed by atoms with van der Waals surface area (Å²) in [5.41, 5.74) is 2.73. The Labute approximate surface area is 219 Å². The van der Waals surface area contributed by atoms with Gasteiger partial charge in [0.2, 0.25) is 11.8 Å². The minimum absolute atomic E-state index is 0.166. The van der Waals surface area contributed by atoms with Crippen molar-refractivity contribution in [3.8, 4) is 0 Å². The normalized spacial score (nSPS) is 18.6. The standard InChI is InChI=1S/C24H22ClF3N6O4/c1-31(22(36)14-9-20(35)33(12-14)23(37)38)21(24(26,27)28)13-4-6-15(7-5-13)32-8-2-3-16-17(32)11-29-19-10-18(25)30-34(16)19/h4-7,10-11,14,21H,2-3,8-9,12H2,1H3,(H,37,38)/t14-,21+/m0/s1. The Morgan fingerprint density at radius 1 is 1.24 bits per heavy atom. The molecule has 0 unspecified atom stereocenters. The van der Waals surface area contributed by atoms with Crippen LogP contribution in [-0.2, 0) is 16.0 Å². The van der Waals surface area contributed by atoms with Gasteiger partial charge in [-0.25, -0.2) is 19.2 Å². The quantitative estimate of drug-likeness (QED) is 0.521. The molecule has 0 aliphatic carbocycles. The highest BCUT2D eigenvalue weighted by Crippen LogP contribution is 2.40. The third-order valence-corrected chi connectivity index (χ3v) is 7.07. The lowest BCUT2D eigenvalue weighted by molar-refractivity contribution is -0.190. The molecule has 200 valence electrons. The highest BCUT2D eigenvalue weighted by atomic mass is 35.5. The van der Waals surface area contributed by atoms with Gasteiger partial charge >= 0.3 is 12.3 Å². The van der Waals surface area contributed by atoms with E-state index in [-0.39, 0.29) is 5.56 Å². The zero-order chi connectivity index (χ0) is 27.4. The van der Waals surface area contributed by atoms with E-state index in [1.165, 1.54) is 12.1 Å². The van der Waals surface area contributed by atoms with E-state index in [2.05, 4.69) is 10.1 Å². The van der Waals surface area contributed by atoms with Crippen LogP contribution in [0.2, 0.25) is 5.15 Å². The van der Waals surface area contributed by atoms with Gasteiger partial charge in [-0.1, -0.05) is 23.7 Å². The van der Waals surface area contributed by atoms with Gasteiger partial charge in [0, 0.05) is 38.3 Å². The van der Waals surface area contributed by atoms with Crippen molar-refractivity contribution in [2.24, 2.45) is 5.92 Å². The lowest BCUT2D eigenvalue weighted by atomic mass is 10.0. The molecule has 3 aromatic rings. The summed E-state index contributed by atoms with van der Waals surface area (Å²) >= 11 is 6.03. The van der Waals surface area contributed by atoms with Crippen LogP contribution in [0.25, 0.3) is 5.65 Å². The Kier molecular flexibility index (Phi) is 6.41. The number of nitrogens with zero attached hydrogens (tertiary/aromatic N) is 6. The number of carbonyl (C=O) groups excluding carboxylic acids is 2. The van der Waals surface area contributed by atoms with Gasteiger partial charge in [-0.05, 0) is 30.5 Å². The maximum Gasteiger partial charge on any atom is 0.414 e. The lowest BCUT2D eigenvalue weighted by Gasteiger charge is -2.33. The number of imide groups is 1. The molecule has 1 saturated heterocycles. The Bertz CT molecular complexity index is 1430. The number of fused-ring (bicyclic) bond motifs is 3. The van der Waals surface area contributed by atoms with E-state index < -0.39 is 49.0 Å². The smallest absolute Gasteiger partial charge is 0.414 e. The number of benzene rings is 1. The van der Waals surface area contributed by atoms with Crippen LogP contribution in [0.15, 0.2) is 36.5 Å². The molecule has 2 aliphatic heterocycles. The molecular formula is C24H22ClF3N6O4. The van der Waals surface area contributed by atoms with Gasteiger partial charge in [0.15, 0.2) is 16.8 Å². The first-order valence-electron chi connectivity index (χ1n) is 11.7. The number of anilines is 2. The molecule has 0 bridgehead atoms. The molecule has 10 nitrogen and oxygen atoms in total. The number of amides is 3. The third-order valence-electron chi connectivity index (χ3n) is 6.89. The van der Waals surface area contributed by atoms with Crippen molar-refractivity contribution in [1.82, 2.24) is 24.4 Å². The average molecular weight is 551 g/mol. The van der Waals surface area contributed by atoms with Crippen LogP contribution in [0, 0.1) is 5.92 Å². The van der Waals surface area contributed by atoms with Crippen molar-refractivity contribution in [3.63, 3.8) is 0 Å². The Morgan fingerprint density at radius 3 is 2.58 bits per heavy atom. The van der Waals surface area contributed by atoms with Gasteiger partial charge in [0.05, 0.1) is 23.5 Å². The number of aryl methyl sites for hydroxylation is 1. The minimum Gasteiger partial charge on any atom is -0.465 e. The van der Waals surface area contributed by atoms with E-state index in [1.807, 2.05) is 4.90 Å². The largest absolute Gasteiger partial charge is 0.465 e. The second-order valence-corrected chi connectivity index (χ2v) is 9.64. The fourth-order valence-corrected chi connectivity index (χ4v) is 5.31. The molecule has 1 aromatic carbocycles. The van der Waals surface area contributed by atoms with Gasteiger partial charge in [-0.3, -0.25) is 9.59 Å². The van der Waals surface area contributed by atoms with Crippen molar-refractivity contribution in [3.05, 3.63) is 52.9 Å². The number of alkyl halides is 3. The zero-order valence-electron chi connectivity index (χ0n) is 20.0. The molecule has 14 heteroatoms. The predicted molar refractivity (Wildman–Crippen MR) is 129 cm³/mol. The van der Waals surface area contributed by atoms with Gasteiger partial charge in [0.25, 0.3) is 0 Å². The van der Waals surface area contributed by atoms with Crippen molar-refractivity contribution >= 4 is 46.5 Å². The maximum atomic E-state index is 14.2. The second-order valence-electron chi connectivity index (χ2n) is 9.26. The summed E-state index contributed by atoms with van der Waals surface area (Å²) in [5, 5.41) is 13.7. The van der Waals surface area contributed by atoms with Crippen molar-refractivity contribution in [1.29, 1.82) is 0 Å². The minimum atomic E-state index is -4.81. The number of carboxylic acid groups (broad SMARTS) is 1. The average Bonchev–Trinajstić information content (AvgIpc) is 3.45. The zero-order valence-corrected chi connectivity index (χ0v) is 20.8. The van der Waals surface area contributed by atoms with E-state index in [9.17, 15) is 27.6 Å². The first-order valence-corrected chi connectivity index (χ1v) is 12.1. The van der Waals surface area contributed by atoms with E-state index in [4.69, 9.17) is 16.7 Å². The highest BCUT2D eigenvalue weighted by Gasteiger charge is 2.48.